The van der Waals surface area contributed by atoms with E-state index in [-0.39, 0.29) is 63.4 Å². The van der Waals surface area contributed by atoms with Gasteiger partial charge in [-0.2, -0.15) is 0 Å². The van der Waals surface area contributed by atoms with E-state index in [1.807, 2.05) is 0 Å². The number of halogens is 3. The van der Waals surface area contributed by atoms with E-state index in [2.05, 4.69) is 61.0 Å². The molecule has 5 heteroatoms. The maximum Gasteiger partial charge on any atom is 4.00 e. The number of hydrogen-bond donors (Lipinski definition) is 0. The van der Waals surface area contributed by atoms with Gasteiger partial charge < -0.3 is 41.8 Å². The topological polar surface area (TPSA) is 4.93 Å². The zero-order valence-electron chi connectivity index (χ0n) is 12.3. The van der Waals surface area contributed by atoms with Crippen LogP contribution in [-0.2, 0) is 39.7 Å². The molecule has 0 saturated heterocycles. The third-order valence-electron chi connectivity index (χ3n) is 3.99. The zero-order valence-corrected chi connectivity index (χ0v) is 17.0. The molecule has 1 heterocycles. The van der Waals surface area contributed by atoms with Gasteiger partial charge >= 0.3 is 26.2 Å². The maximum absolute atomic E-state index is 3.52. The van der Waals surface area contributed by atoms with Gasteiger partial charge in [0.1, 0.15) is 0 Å². The van der Waals surface area contributed by atoms with Gasteiger partial charge in [0, 0.05) is 12.7 Å². The van der Waals surface area contributed by atoms with Gasteiger partial charge in [0.15, 0.2) is 0 Å². The van der Waals surface area contributed by atoms with Crippen LogP contribution in [0.2, 0.25) is 0 Å². The van der Waals surface area contributed by atoms with Crippen molar-refractivity contribution in [2.24, 2.45) is 7.05 Å². The van der Waals surface area contributed by atoms with Crippen LogP contribution in [0.3, 0.4) is 0 Å². The van der Waals surface area contributed by atoms with Crippen LogP contribution in [0.1, 0.15) is 16.7 Å². The van der Waals surface area contributed by atoms with E-state index in [4.69, 9.17) is 0 Å². The summed E-state index contributed by atoms with van der Waals surface area (Å²) in [6.45, 7) is 2.11. The van der Waals surface area contributed by atoms with Crippen molar-refractivity contribution in [1.82, 2.24) is 4.57 Å². The molecule has 3 aromatic rings. The van der Waals surface area contributed by atoms with Crippen LogP contribution < -0.4 is 37.2 Å². The van der Waals surface area contributed by atoms with E-state index in [1.54, 1.807) is 0 Å². The molecule has 1 nitrogen and oxygen atoms in total. The van der Waals surface area contributed by atoms with Crippen molar-refractivity contribution in [2.75, 3.05) is 0 Å². The predicted molar refractivity (Wildman–Crippen MR) is 74.7 cm³/mol. The standard InChI is InChI=1S/C17H14N.3ClH.Zr/c1-11-7-8-16-14(9-11)15-10-12-5-3-4-6-13(12)17(15)18(16)2;;;;/h3-8H,10H2,1-2H3;3*1H;/q-1;;;;+4/p-3. The first kappa shape index (κ1) is 21.7. The first-order chi connectivity index (χ1) is 8.75. The minimum atomic E-state index is 0. The Labute approximate surface area is 168 Å². The summed E-state index contributed by atoms with van der Waals surface area (Å²) >= 11 is 0. The van der Waals surface area contributed by atoms with Crippen LogP contribution in [0.4, 0.5) is 0 Å². The summed E-state index contributed by atoms with van der Waals surface area (Å²) in [6, 6.07) is 16.6. The van der Waals surface area contributed by atoms with Crippen molar-refractivity contribution >= 4 is 10.9 Å². The van der Waals surface area contributed by atoms with Crippen molar-refractivity contribution in [3.8, 4) is 11.3 Å². The largest absolute Gasteiger partial charge is 4.00 e. The molecule has 0 bridgehead atoms. The number of aryl methyl sites for hydroxylation is 2. The Hall–Kier alpha value is -0.267. The first-order valence-corrected chi connectivity index (χ1v) is 6.34. The number of benzene rings is 2. The fourth-order valence-electron chi connectivity index (χ4n) is 3.15. The maximum atomic E-state index is 3.52. The molecule has 0 radical (unpaired) electrons. The molecule has 112 valence electrons. The van der Waals surface area contributed by atoms with E-state index < -0.39 is 0 Å². The second-order valence-electron chi connectivity index (χ2n) is 5.12. The molecule has 1 aliphatic carbocycles. The van der Waals surface area contributed by atoms with E-state index in [0.29, 0.717) is 0 Å². The zero-order chi connectivity index (χ0) is 12.3. The molecule has 22 heavy (non-hydrogen) atoms. The van der Waals surface area contributed by atoms with Gasteiger partial charge in [-0.1, -0.05) is 36.8 Å². The summed E-state index contributed by atoms with van der Waals surface area (Å²) < 4.78 is 2.31. The quantitative estimate of drug-likeness (QED) is 0.246. The molecule has 0 fully saturated rings. The molecule has 0 N–H and O–H groups in total. The minimum Gasteiger partial charge on any atom is -1.00 e. The van der Waals surface area contributed by atoms with E-state index in [1.165, 1.54) is 38.9 Å². The molecular weight excluding hydrogens is 416 g/mol. The molecule has 2 aromatic carbocycles. The molecule has 0 saturated carbocycles. The van der Waals surface area contributed by atoms with E-state index in [9.17, 15) is 0 Å². The Kier molecular flexibility index (Phi) is 7.92. The Morgan fingerprint density at radius 1 is 1.00 bits per heavy atom. The Morgan fingerprint density at radius 3 is 2.41 bits per heavy atom. The number of hydrogen-bond acceptors (Lipinski definition) is 0. The van der Waals surface area contributed by atoms with Gasteiger partial charge in [-0.3, -0.25) is 0 Å². The van der Waals surface area contributed by atoms with Crippen molar-refractivity contribution in [3.63, 3.8) is 0 Å². The first-order valence-electron chi connectivity index (χ1n) is 6.34. The van der Waals surface area contributed by atoms with Gasteiger partial charge in [-0.15, -0.1) is 29.1 Å². The molecule has 0 aliphatic heterocycles. The third kappa shape index (κ3) is 3.04. The third-order valence-corrected chi connectivity index (χ3v) is 3.99. The Morgan fingerprint density at radius 2 is 1.68 bits per heavy atom. The van der Waals surface area contributed by atoms with Crippen LogP contribution in [0, 0.1) is 13.0 Å². The Balaban J connectivity index is 0.00000110. The molecule has 0 atom stereocenters. The smallest absolute Gasteiger partial charge is 1.00 e. The van der Waals surface area contributed by atoms with Crippen LogP contribution >= 0.6 is 0 Å². The van der Waals surface area contributed by atoms with Crippen molar-refractivity contribution in [2.45, 2.75) is 13.3 Å². The minimum absolute atomic E-state index is 0. The van der Waals surface area contributed by atoms with Crippen LogP contribution in [-0.4, -0.2) is 4.57 Å². The summed E-state index contributed by atoms with van der Waals surface area (Å²) in [5.74, 6) is 0. The SMILES string of the molecule is Cc1[c-]c2c3c(n(C)c2cc1)-c1ccccc1C3.[Cl-].[Cl-].[Cl-].[Zr+4]. The molecule has 1 aliphatic rings. The Bertz CT molecular complexity index is 796. The van der Waals surface area contributed by atoms with Gasteiger partial charge in [0.25, 0.3) is 0 Å². The monoisotopic (exact) mass is 427 g/mol. The van der Waals surface area contributed by atoms with Crippen LogP contribution in [0.5, 0.6) is 0 Å². The fourth-order valence-corrected chi connectivity index (χ4v) is 3.15. The van der Waals surface area contributed by atoms with Crippen molar-refractivity contribution < 1.29 is 63.4 Å². The molecule has 4 rings (SSSR count). The van der Waals surface area contributed by atoms with Crippen molar-refractivity contribution in [3.05, 3.63) is 59.2 Å². The normalized spacial score (nSPS) is 10.5. The van der Waals surface area contributed by atoms with E-state index in [0.717, 1.165) is 6.42 Å². The van der Waals surface area contributed by atoms with Gasteiger partial charge in [0.05, 0.1) is 0 Å². The molecule has 0 spiro atoms. The number of nitrogens with zero attached hydrogens (tertiary/aromatic N) is 1. The van der Waals surface area contributed by atoms with Gasteiger partial charge in [-0.25, -0.2) is 0 Å². The molecule has 0 amide bonds. The van der Waals surface area contributed by atoms with Gasteiger partial charge in [-0.05, 0) is 23.1 Å². The average molecular weight is 430 g/mol. The predicted octanol–water partition coefficient (Wildman–Crippen LogP) is -5.13. The average Bonchev–Trinajstić information content (AvgIpc) is 2.87. The molecule has 0 unspecified atom stereocenters. The second-order valence-corrected chi connectivity index (χ2v) is 5.12. The summed E-state index contributed by atoms with van der Waals surface area (Å²) in [4.78, 5) is 0. The van der Waals surface area contributed by atoms with Crippen LogP contribution in [0.25, 0.3) is 22.2 Å². The summed E-state index contributed by atoms with van der Waals surface area (Å²) in [6.07, 6.45) is 1.04. The van der Waals surface area contributed by atoms with E-state index >= 15 is 0 Å². The summed E-state index contributed by atoms with van der Waals surface area (Å²) in [5, 5.41) is 1.30. The van der Waals surface area contributed by atoms with Crippen LogP contribution in [0.15, 0.2) is 36.4 Å². The van der Waals surface area contributed by atoms with Gasteiger partial charge in [0.2, 0.25) is 0 Å². The molecule has 1 aromatic heterocycles. The molecular formula is C17H14Cl3NZr. The summed E-state index contributed by atoms with van der Waals surface area (Å²) in [7, 11) is 2.16. The summed E-state index contributed by atoms with van der Waals surface area (Å²) in [5.41, 5.74) is 8.15. The number of rotatable bonds is 0. The van der Waals surface area contributed by atoms with Crippen molar-refractivity contribution in [1.29, 1.82) is 0 Å². The second kappa shape index (κ2) is 8.02. The fraction of sp³-hybridized carbons (Fsp3) is 0.176. The number of fused-ring (bicyclic) bond motifs is 5. The number of aromatic nitrogens is 1.